The van der Waals surface area contributed by atoms with Crippen molar-refractivity contribution in [2.45, 2.75) is 121 Å². The molecule has 1 spiro atoms. The Kier molecular flexibility index (Phi) is 10.4. The molecular weight excluding hydrogens is 772 g/mol. The van der Waals surface area contributed by atoms with Gasteiger partial charge in [0.15, 0.2) is 0 Å². The van der Waals surface area contributed by atoms with E-state index in [0.717, 1.165) is 80.1 Å². The molecule has 3 atom stereocenters. The molecule has 10 rings (SSSR count). The van der Waals surface area contributed by atoms with Crippen molar-refractivity contribution < 1.29 is 23.5 Å². The van der Waals surface area contributed by atoms with Gasteiger partial charge in [0.25, 0.3) is 5.91 Å². The van der Waals surface area contributed by atoms with E-state index < -0.39 is 11.7 Å². The van der Waals surface area contributed by atoms with E-state index in [9.17, 15) is 14.4 Å². The highest BCUT2D eigenvalue weighted by molar-refractivity contribution is 6.05. The number of nitrogens with one attached hydrogen (secondary N) is 2. The number of aromatic nitrogens is 3. The Morgan fingerprint density at radius 1 is 0.967 bits per heavy atom. The number of rotatable bonds is 10. The van der Waals surface area contributed by atoms with Crippen LogP contribution < -0.4 is 15.0 Å². The summed E-state index contributed by atoms with van der Waals surface area (Å²) in [5, 5.41) is 3.61. The molecule has 322 valence electrons. The summed E-state index contributed by atoms with van der Waals surface area (Å²) in [6, 6.07) is 13.8. The number of benzene rings is 2. The summed E-state index contributed by atoms with van der Waals surface area (Å²) >= 11 is 0. The third kappa shape index (κ3) is 7.92. The fourth-order valence-electron chi connectivity index (χ4n) is 11.3. The molecule has 1 aliphatic carbocycles. The normalized spacial score (nSPS) is 27.0. The second-order valence-corrected chi connectivity index (χ2v) is 19.6. The maximum absolute atomic E-state index is 15.2. The highest BCUT2D eigenvalue weighted by atomic mass is 19.1. The average Bonchev–Trinajstić information content (AvgIpc) is 3.76. The zero-order valence-corrected chi connectivity index (χ0v) is 35.8. The number of piperidine rings is 3. The molecular formula is C48H59FN8O4. The average molecular weight is 831 g/mol. The molecule has 4 fully saturated rings. The van der Waals surface area contributed by atoms with Gasteiger partial charge in [-0.1, -0.05) is 18.2 Å². The van der Waals surface area contributed by atoms with Crippen molar-refractivity contribution in [1.82, 2.24) is 35.0 Å². The van der Waals surface area contributed by atoms with Crippen LogP contribution in [0.1, 0.15) is 117 Å². The van der Waals surface area contributed by atoms with Crippen molar-refractivity contribution >= 4 is 34.3 Å². The molecule has 6 aliphatic rings. The number of likely N-dealkylation sites (tertiary alicyclic amines) is 1. The number of H-pyrrole nitrogens is 1. The Hall–Kier alpha value is -4.88. The number of fused-ring (bicyclic) bond motifs is 4. The van der Waals surface area contributed by atoms with Crippen LogP contribution in [0.2, 0.25) is 0 Å². The van der Waals surface area contributed by atoms with Crippen LogP contribution in [0.25, 0.3) is 10.9 Å². The van der Waals surface area contributed by atoms with E-state index >= 15 is 4.39 Å². The minimum Gasteiger partial charge on any atom is -0.473 e. The lowest BCUT2D eigenvalue weighted by Gasteiger charge is -2.48. The summed E-state index contributed by atoms with van der Waals surface area (Å²) in [4.78, 5) is 59.6. The summed E-state index contributed by atoms with van der Waals surface area (Å²) in [5.41, 5.74) is 6.10. The second kappa shape index (κ2) is 15.8. The van der Waals surface area contributed by atoms with Crippen molar-refractivity contribution in [3.8, 4) is 5.88 Å². The van der Waals surface area contributed by atoms with Gasteiger partial charge in [-0.3, -0.25) is 29.6 Å². The van der Waals surface area contributed by atoms with Crippen LogP contribution in [0.15, 0.2) is 54.9 Å². The van der Waals surface area contributed by atoms with E-state index in [1.807, 2.05) is 18.3 Å². The summed E-state index contributed by atoms with van der Waals surface area (Å²) in [7, 11) is 0. The van der Waals surface area contributed by atoms with Crippen molar-refractivity contribution in [2.75, 3.05) is 44.2 Å². The zero-order chi connectivity index (χ0) is 42.0. The van der Waals surface area contributed by atoms with Crippen molar-refractivity contribution in [2.24, 2.45) is 11.3 Å². The summed E-state index contributed by atoms with van der Waals surface area (Å²) in [6.07, 6.45) is 13.4. The van der Waals surface area contributed by atoms with Crippen molar-refractivity contribution in [3.63, 3.8) is 0 Å². The number of para-hydroxylation sites is 1. The van der Waals surface area contributed by atoms with Gasteiger partial charge < -0.3 is 24.4 Å². The van der Waals surface area contributed by atoms with Crippen LogP contribution in [0, 0.1) is 11.3 Å². The van der Waals surface area contributed by atoms with E-state index in [-0.39, 0.29) is 42.3 Å². The van der Waals surface area contributed by atoms with Gasteiger partial charge in [-0.2, -0.15) is 0 Å². The summed E-state index contributed by atoms with van der Waals surface area (Å²) in [6.45, 7) is 11.7. The second-order valence-electron chi connectivity index (χ2n) is 19.6. The lowest BCUT2D eigenvalue weighted by atomic mass is 9.71. The smallest absolute Gasteiger partial charge is 0.255 e. The van der Waals surface area contributed by atoms with Gasteiger partial charge in [0.05, 0.1) is 24.1 Å². The fourth-order valence-corrected chi connectivity index (χ4v) is 11.3. The first-order valence-electron chi connectivity index (χ1n) is 22.7. The number of imide groups is 1. The Morgan fingerprint density at radius 3 is 2.48 bits per heavy atom. The zero-order valence-electron chi connectivity index (χ0n) is 35.8. The third-order valence-electron chi connectivity index (χ3n) is 15.0. The van der Waals surface area contributed by atoms with E-state index in [1.54, 1.807) is 24.9 Å². The number of anilines is 1. The maximum Gasteiger partial charge on any atom is 0.255 e. The number of alkyl halides is 1. The molecule has 13 heteroatoms. The molecule has 61 heavy (non-hydrogen) atoms. The number of carbonyl (C=O) groups excluding carboxylic acids is 3. The quantitative estimate of drug-likeness (QED) is 0.167. The molecule has 2 aromatic heterocycles. The van der Waals surface area contributed by atoms with Crippen LogP contribution in [-0.4, -0.2) is 110 Å². The van der Waals surface area contributed by atoms with E-state index in [2.05, 4.69) is 62.3 Å². The van der Waals surface area contributed by atoms with Crippen LogP contribution >= 0.6 is 0 Å². The number of hydrogen-bond acceptors (Lipinski definition) is 9. The molecule has 1 unspecified atom stereocenters. The van der Waals surface area contributed by atoms with E-state index in [0.29, 0.717) is 42.3 Å². The summed E-state index contributed by atoms with van der Waals surface area (Å²) in [5.74, 6) is 0.463. The minimum atomic E-state index is -1.35. The van der Waals surface area contributed by atoms with E-state index in [4.69, 9.17) is 14.7 Å². The van der Waals surface area contributed by atoms with Gasteiger partial charge in [-0.15, -0.1) is 0 Å². The molecule has 0 bridgehead atoms. The fraction of sp³-hybridized carbons (Fsp3) is 0.562. The van der Waals surface area contributed by atoms with Gasteiger partial charge in [0.1, 0.15) is 17.8 Å². The molecule has 12 nitrogen and oxygen atoms in total. The number of halogens is 1. The predicted molar refractivity (Wildman–Crippen MR) is 231 cm³/mol. The van der Waals surface area contributed by atoms with Gasteiger partial charge in [0.2, 0.25) is 17.7 Å². The number of hydrogen-bond donors (Lipinski definition) is 2. The van der Waals surface area contributed by atoms with Crippen LogP contribution in [-0.2, 0) is 22.6 Å². The minimum absolute atomic E-state index is 0.119. The number of nitrogens with zero attached hydrogens (tertiary/aromatic N) is 6. The molecule has 3 amide bonds. The summed E-state index contributed by atoms with van der Waals surface area (Å²) < 4.78 is 21.5. The Morgan fingerprint density at radius 2 is 1.74 bits per heavy atom. The van der Waals surface area contributed by atoms with Gasteiger partial charge in [-0.25, -0.2) is 9.37 Å². The van der Waals surface area contributed by atoms with Gasteiger partial charge in [0, 0.05) is 66.5 Å². The topological polar surface area (TPSA) is 127 Å². The number of carbonyl (C=O) groups is 3. The Labute approximate surface area is 357 Å². The first-order chi connectivity index (χ1) is 29.4. The monoisotopic (exact) mass is 830 g/mol. The lowest BCUT2D eigenvalue weighted by Crippen LogP contribution is -2.52. The lowest BCUT2D eigenvalue weighted by molar-refractivity contribution is -0.136. The number of aromatic amines is 1. The number of amides is 3. The Balaban J connectivity index is 0.675. The van der Waals surface area contributed by atoms with Crippen molar-refractivity contribution in [1.29, 1.82) is 0 Å². The molecule has 0 radical (unpaired) electrons. The molecule has 7 heterocycles. The Bertz CT molecular complexity index is 2300. The SMILES string of the molecule is C[C@@H]1Cc2c([nH]c3ccccc23)[C@@H](c2cnc(O[C@H]3C[C@@H](CCN4CCC5(CC4)CCN(c4ccc6c(c4)CN(C4CCC(=O)NC4=O)C6=O)CC5)C3)cn2)N1CC(C)(C)F. The molecule has 3 saturated heterocycles. The van der Waals surface area contributed by atoms with Crippen LogP contribution in [0.5, 0.6) is 5.88 Å². The predicted octanol–water partition coefficient (Wildman–Crippen LogP) is 6.73. The highest BCUT2D eigenvalue weighted by Gasteiger charge is 2.42. The number of ether oxygens (including phenoxy) is 1. The van der Waals surface area contributed by atoms with Gasteiger partial charge >= 0.3 is 0 Å². The first kappa shape index (κ1) is 40.2. The van der Waals surface area contributed by atoms with Crippen LogP contribution in [0.3, 0.4) is 0 Å². The third-order valence-corrected chi connectivity index (χ3v) is 15.0. The molecule has 2 aromatic carbocycles. The first-order valence-corrected chi connectivity index (χ1v) is 22.7. The van der Waals surface area contributed by atoms with E-state index in [1.165, 1.54) is 43.1 Å². The molecule has 2 N–H and O–H groups in total. The van der Waals surface area contributed by atoms with Crippen molar-refractivity contribution in [3.05, 3.63) is 82.9 Å². The highest BCUT2D eigenvalue weighted by Crippen LogP contribution is 2.44. The van der Waals surface area contributed by atoms with Crippen LogP contribution in [0.4, 0.5) is 10.1 Å². The molecule has 4 aromatic rings. The maximum atomic E-state index is 15.2. The molecule has 5 aliphatic heterocycles. The molecule has 1 saturated carbocycles. The van der Waals surface area contributed by atoms with Gasteiger partial charge in [-0.05, 0) is 145 Å². The standard InChI is InChI=1S/C48H59FN8O4/c1-30-22-37-36-6-4-5-7-38(36)52-43(37)44(57(30)29-47(2,3)49)39-26-51-42(27-50-39)61-34-23-31(24-34)12-17-54-18-13-48(14-19-54)15-20-55(21-16-48)33-8-9-35-32(25-33)28-56(46(35)60)40-10-11-41(58)53-45(40)59/h4-9,25-27,30-31,34,40,44,52H,10-24,28-29H2,1-3H3,(H,53,58,59)/t30-,31-,34+,40?,44-/m1/s1. The largest absolute Gasteiger partial charge is 0.473 e.